The number of nitrogens with one attached hydrogen (secondary N) is 1. The highest BCUT2D eigenvalue weighted by Gasteiger charge is 2.27. The number of hydrogen-bond acceptors (Lipinski definition) is 2. The molecule has 1 aliphatic rings. The lowest BCUT2D eigenvalue weighted by molar-refractivity contribution is -0.139. The molecule has 4 heteroatoms. The van der Waals surface area contributed by atoms with Crippen LogP contribution in [0.15, 0.2) is 0 Å². The van der Waals surface area contributed by atoms with E-state index in [4.69, 9.17) is 5.11 Å². The third-order valence-corrected chi connectivity index (χ3v) is 1.78. The zero-order valence-electron chi connectivity index (χ0n) is 6.83. The van der Waals surface area contributed by atoms with E-state index >= 15 is 0 Å². The van der Waals surface area contributed by atoms with Gasteiger partial charge in [0.05, 0.1) is 0 Å². The Hall–Kier alpha value is -0.720. The molecule has 1 aliphatic heterocycles. The van der Waals surface area contributed by atoms with E-state index in [2.05, 4.69) is 17.2 Å². The molecular formula is C8H12ClNO2. The number of halogens is 1. The number of aliphatic carboxylic acids is 1. The third-order valence-electron chi connectivity index (χ3n) is 1.78. The van der Waals surface area contributed by atoms with Crippen LogP contribution in [0.5, 0.6) is 0 Å². The quantitative estimate of drug-likeness (QED) is 0.591. The first-order valence-corrected chi connectivity index (χ1v) is 3.62. The summed E-state index contributed by atoms with van der Waals surface area (Å²) < 4.78 is 0. The maximum atomic E-state index is 10.4. The normalized spacial score (nSPS) is 26.8. The number of rotatable bonds is 1. The molecule has 12 heavy (non-hydrogen) atoms. The molecule has 0 saturated carbocycles. The molecule has 0 amide bonds. The monoisotopic (exact) mass is 189 g/mol. The lowest BCUT2D eigenvalue weighted by atomic mass is 10.1. The second-order valence-electron chi connectivity index (χ2n) is 2.63. The van der Waals surface area contributed by atoms with Gasteiger partial charge in [0.15, 0.2) is 0 Å². The van der Waals surface area contributed by atoms with Crippen molar-refractivity contribution in [2.45, 2.75) is 19.4 Å². The molecule has 3 nitrogen and oxygen atoms in total. The molecule has 1 fully saturated rings. The molecule has 0 aromatic rings. The predicted octanol–water partition coefficient (Wildman–Crippen LogP) is 0.494. The van der Waals surface area contributed by atoms with Crippen molar-refractivity contribution in [3.05, 3.63) is 0 Å². The van der Waals surface area contributed by atoms with Crippen LogP contribution in [-0.2, 0) is 4.79 Å². The Labute approximate surface area is 77.9 Å². The number of carboxylic acids is 1. The molecule has 0 spiro atoms. The van der Waals surface area contributed by atoms with E-state index in [-0.39, 0.29) is 24.4 Å². The molecule has 2 atom stereocenters. The highest BCUT2D eigenvalue weighted by atomic mass is 35.5. The SMILES string of the molecule is CC#CC1CNC(C(=O)O)C1.Cl. The van der Waals surface area contributed by atoms with Crippen LogP contribution < -0.4 is 5.32 Å². The lowest BCUT2D eigenvalue weighted by Gasteiger charge is -2.00. The van der Waals surface area contributed by atoms with Gasteiger partial charge in [0, 0.05) is 12.5 Å². The molecule has 1 saturated heterocycles. The first-order valence-electron chi connectivity index (χ1n) is 3.62. The number of hydrogen-bond donors (Lipinski definition) is 2. The number of carbonyl (C=O) groups is 1. The largest absolute Gasteiger partial charge is 0.480 e. The fourth-order valence-corrected chi connectivity index (χ4v) is 1.24. The van der Waals surface area contributed by atoms with Crippen molar-refractivity contribution in [2.24, 2.45) is 5.92 Å². The van der Waals surface area contributed by atoms with Gasteiger partial charge in [-0.2, -0.15) is 0 Å². The molecule has 1 heterocycles. The van der Waals surface area contributed by atoms with Crippen LogP contribution in [0.4, 0.5) is 0 Å². The summed E-state index contributed by atoms with van der Waals surface area (Å²) in [5.74, 6) is 5.19. The van der Waals surface area contributed by atoms with Crippen LogP contribution in [0.25, 0.3) is 0 Å². The van der Waals surface area contributed by atoms with E-state index in [0.29, 0.717) is 13.0 Å². The maximum absolute atomic E-state index is 10.4. The number of carboxylic acid groups (broad SMARTS) is 1. The summed E-state index contributed by atoms with van der Waals surface area (Å²) in [6.45, 7) is 2.48. The molecular weight excluding hydrogens is 178 g/mol. The van der Waals surface area contributed by atoms with E-state index < -0.39 is 5.97 Å². The molecule has 0 aromatic heterocycles. The highest BCUT2D eigenvalue weighted by Crippen LogP contribution is 2.12. The zero-order valence-corrected chi connectivity index (χ0v) is 7.65. The van der Waals surface area contributed by atoms with Gasteiger partial charge < -0.3 is 10.4 Å². The van der Waals surface area contributed by atoms with E-state index in [1.807, 2.05) is 0 Å². The fourth-order valence-electron chi connectivity index (χ4n) is 1.24. The summed E-state index contributed by atoms with van der Waals surface area (Å²) in [6.07, 6.45) is 0.635. The van der Waals surface area contributed by atoms with E-state index in [0.717, 1.165) is 0 Å². The van der Waals surface area contributed by atoms with E-state index in [9.17, 15) is 4.79 Å². The average Bonchev–Trinajstić information content (AvgIpc) is 2.37. The minimum absolute atomic E-state index is 0. The Bertz CT molecular complexity index is 219. The average molecular weight is 190 g/mol. The predicted molar refractivity (Wildman–Crippen MR) is 48.2 cm³/mol. The fraction of sp³-hybridized carbons (Fsp3) is 0.625. The van der Waals surface area contributed by atoms with Gasteiger partial charge in [-0.05, 0) is 13.3 Å². The minimum atomic E-state index is -0.773. The van der Waals surface area contributed by atoms with Gasteiger partial charge in [-0.15, -0.1) is 18.3 Å². The van der Waals surface area contributed by atoms with Gasteiger partial charge >= 0.3 is 5.97 Å². The summed E-state index contributed by atoms with van der Waals surface area (Å²) in [5, 5.41) is 11.5. The first-order chi connectivity index (χ1) is 5.24. The summed E-state index contributed by atoms with van der Waals surface area (Å²) in [4.78, 5) is 10.4. The van der Waals surface area contributed by atoms with Crippen LogP contribution in [-0.4, -0.2) is 23.7 Å². The van der Waals surface area contributed by atoms with Crippen molar-refractivity contribution in [3.63, 3.8) is 0 Å². The topological polar surface area (TPSA) is 49.3 Å². The molecule has 2 unspecified atom stereocenters. The van der Waals surface area contributed by atoms with Crippen LogP contribution in [0, 0.1) is 17.8 Å². The molecule has 68 valence electrons. The van der Waals surface area contributed by atoms with Crippen molar-refractivity contribution >= 4 is 18.4 Å². The smallest absolute Gasteiger partial charge is 0.320 e. The second kappa shape index (κ2) is 5.02. The Kier molecular flexibility index (Phi) is 4.72. The molecule has 1 rings (SSSR count). The van der Waals surface area contributed by atoms with Crippen molar-refractivity contribution in [3.8, 4) is 11.8 Å². The molecule has 0 aliphatic carbocycles. The second-order valence-corrected chi connectivity index (χ2v) is 2.63. The third kappa shape index (κ3) is 2.72. The van der Waals surface area contributed by atoms with Crippen molar-refractivity contribution < 1.29 is 9.90 Å². The lowest BCUT2D eigenvalue weighted by Crippen LogP contribution is -2.29. The summed E-state index contributed by atoms with van der Waals surface area (Å²) in [6, 6.07) is -0.388. The van der Waals surface area contributed by atoms with Crippen molar-refractivity contribution in [1.29, 1.82) is 0 Å². The van der Waals surface area contributed by atoms with Crippen LogP contribution in [0.1, 0.15) is 13.3 Å². The van der Waals surface area contributed by atoms with Gasteiger partial charge in [0.25, 0.3) is 0 Å². The highest BCUT2D eigenvalue weighted by molar-refractivity contribution is 5.85. The molecule has 0 radical (unpaired) electrons. The van der Waals surface area contributed by atoms with Crippen molar-refractivity contribution in [1.82, 2.24) is 5.32 Å². The van der Waals surface area contributed by atoms with Gasteiger partial charge in [0.1, 0.15) is 6.04 Å². The Morgan fingerprint density at radius 1 is 1.67 bits per heavy atom. The van der Waals surface area contributed by atoms with E-state index in [1.165, 1.54) is 0 Å². The first kappa shape index (κ1) is 11.3. The molecule has 0 aromatic carbocycles. The minimum Gasteiger partial charge on any atom is -0.480 e. The summed E-state index contributed by atoms with van der Waals surface area (Å²) >= 11 is 0. The van der Waals surface area contributed by atoms with E-state index in [1.54, 1.807) is 6.92 Å². The van der Waals surface area contributed by atoms with Crippen LogP contribution in [0.2, 0.25) is 0 Å². The zero-order chi connectivity index (χ0) is 8.27. The maximum Gasteiger partial charge on any atom is 0.320 e. The van der Waals surface area contributed by atoms with Gasteiger partial charge in [-0.3, -0.25) is 4.79 Å². The Morgan fingerprint density at radius 2 is 2.33 bits per heavy atom. The Morgan fingerprint density at radius 3 is 2.75 bits per heavy atom. The molecule has 0 bridgehead atoms. The van der Waals surface area contributed by atoms with Gasteiger partial charge in [-0.25, -0.2) is 0 Å². The Balaban J connectivity index is 0.00000121. The van der Waals surface area contributed by atoms with Crippen molar-refractivity contribution in [2.75, 3.05) is 6.54 Å². The van der Waals surface area contributed by atoms with Crippen LogP contribution >= 0.6 is 12.4 Å². The standard InChI is InChI=1S/C8H11NO2.ClH/c1-2-3-6-4-7(8(10)11)9-5-6;/h6-7,9H,4-5H2,1H3,(H,10,11);1H. The van der Waals surface area contributed by atoms with Gasteiger partial charge in [0.2, 0.25) is 0 Å². The van der Waals surface area contributed by atoms with Gasteiger partial charge in [-0.1, -0.05) is 5.92 Å². The summed E-state index contributed by atoms with van der Waals surface area (Å²) in [5.41, 5.74) is 0. The molecule has 2 N–H and O–H groups in total. The van der Waals surface area contributed by atoms with Crippen LogP contribution in [0.3, 0.4) is 0 Å². The summed E-state index contributed by atoms with van der Waals surface area (Å²) in [7, 11) is 0.